The summed E-state index contributed by atoms with van der Waals surface area (Å²) in [5, 5.41) is 0. The molecule has 2 atom stereocenters. The Morgan fingerprint density at radius 1 is 0.842 bits per heavy atom. The fourth-order valence-electron chi connectivity index (χ4n) is 2.85. The molecule has 0 bridgehead atoms. The van der Waals surface area contributed by atoms with E-state index in [1.165, 1.54) is 16.7 Å². The van der Waals surface area contributed by atoms with E-state index in [1.807, 2.05) is 6.07 Å². The first kappa shape index (κ1) is 12.2. The van der Waals surface area contributed by atoms with Gasteiger partial charge in [0.1, 0.15) is 0 Å². The van der Waals surface area contributed by atoms with Gasteiger partial charge in [-0.2, -0.15) is 0 Å². The van der Waals surface area contributed by atoms with E-state index in [2.05, 4.69) is 60.7 Å². The first-order chi connectivity index (χ1) is 9.34. The quantitative estimate of drug-likeness (QED) is 0.844. The normalized spacial score (nSPS) is 22.4. The minimum atomic E-state index is 0.206. The average molecular weight is 249 g/mol. The third-order valence-corrected chi connectivity index (χ3v) is 3.90. The summed E-state index contributed by atoms with van der Waals surface area (Å²) in [6.45, 7) is 0. The van der Waals surface area contributed by atoms with Gasteiger partial charge in [-0.3, -0.25) is 0 Å². The summed E-state index contributed by atoms with van der Waals surface area (Å²) in [7, 11) is 0. The molecule has 2 N–H and O–H groups in total. The summed E-state index contributed by atoms with van der Waals surface area (Å²) in [5.41, 5.74) is 10.2. The molecule has 0 aromatic heterocycles. The summed E-state index contributed by atoms with van der Waals surface area (Å²) in [4.78, 5) is 0. The highest BCUT2D eigenvalue weighted by atomic mass is 14.6. The van der Waals surface area contributed by atoms with Gasteiger partial charge in [0.25, 0.3) is 0 Å². The molecule has 0 radical (unpaired) electrons. The van der Waals surface area contributed by atoms with Crippen LogP contribution in [0, 0.1) is 0 Å². The number of hydrogen-bond acceptors (Lipinski definition) is 1. The van der Waals surface area contributed by atoms with Gasteiger partial charge < -0.3 is 5.73 Å². The Hall–Kier alpha value is -1.86. The summed E-state index contributed by atoms with van der Waals surface area (Å²) in [6.07, 6.45) is 6.75. The second-order valence-electron chi connectivity index (χ2n) is 5.19. The molecule has 96 valence electrons. The van der Waals surface area contributed by atoms with E-state index in [4.69, 9.17) is 5.73 Å². The first-order valence-electron chi connectivity index (χ1n) is 6.92. The predicted molar refractivity (Wildman–Crippen MR) is 80.8 cm³/mol. The lowest BCUT2D eigenvalue weighted by molar-refractivity contribution is 0.538. The Balaban J connectivity index is 1.87. The maximum atomic E-state index is 6.19. The van der Waals surface area contributed by atoms with Crippen LogP contribution < -0.4 is 5.73 Å². The zero-order chi connectivity index (χ0) is 13.1. The summed E-state index contributed by atoms with van der Waals surface area (Å²) in [5.74, 6) is 0.496. The lowest BCUT2D eigenvalue weighted by Gasteiger charge is -2.27. The number of nitrogens with two attached hydrogens (primary N) is 1. The molecule has 0 amide bonds. The lowest BCUT2D eigenvalue weighted by atomic mass is 9.80. The van der Waals surface area contributed by atoms with Crippen molar-refractivity contribution in [1.29, 1.82) is 0 Å². The second kappa shape index (κ2) is 5.41. The highest BCUT2D eigenvalue weighted by molar-refractivity contribution is 5.51. The molecule has 0 saturated heterocycles. The lowest BCUT2D eigenvalue weighted by Crippen LogP contribution is -2.19. The largest absolute Gasteiger partial charge is 0.324 e. The predicted octanol–water partition coefficient (Wildman–Crippen LogP) is 4.28. The van der Waals surface area contributed by atoms with E-state index in [0.717, 1.165) is 12.8 Å². The number of fused-ring (bicyclic) bond motifs is 1. The van der Waals surface area contributed by atoms with Crippen molar-refractivity contribution in [3.63, 3.8) is 0 Å². The van der Waals surface area contributed by atoms with E-state index in [-0.39, 0.29) is 6.04 Å². The Morgan fingerprint density at radius 3 is 2.32 bits per heavy atom. The van der Waals surface area contributed by atoms with Gasteiger partial charge in [0.2, 0.25) is 0 Å². The molecule has 1 aliphatic rings. The SMILES string of the molecule is NC1CCC(/C=C/c2ccccc2)c2ccccc21. The Kier molecular flexibility index (Phi) is 3.47. The number of allylic oxidation sites excluding steroid dienone is 1. The van der Waals surface area contributed by atoms with Crippen molar-refractivity contribution in [3.8, 4) is 0 Å². The van der Waals surface area contributed by atoms with Crippen molar-refractivity contribution < 1.29 is 0 Å². The van der Waals surface area contributed by atoms with Crippen LogP contribution >= 0.6 is 0 Å². The molecule has 1 aliphatic carbocycles. The molecule has 2 unspecified atom stereocenters. The average Bonchev–Trinajstić information content (AvgIpc) is 2.48. The highest BCUT2D eigenvalue weighted by Crippen LogP contribution is 2.37. The molecule has 3 rings (SSSR count). The van der Waals surface area contributed by atoms with E-state index >= 15 is 0 Å². The van der Waals surface area contributed by atoms with Gasteiger partial charge in [-0.15, -0.1) is 0 Å². The fourth-order valence-corrected chi connectivity index (χ4v) is 2.85. The number of benzene rings is 2. The standard InChI is InChI=1S/C18H19N/c19-18-13-12-15(16-8-4-5-9-17(16)18)11-10-14-6-2-1-3-7-14/h1-11,15,18H,12-13,19H2/b11-10+. The van der Waals surface area contributed by atoms with E-state index in [0.29, 0.717) is 5.92 Å². The molecular weight excluding hydrogens is 230 g/mol. The zero-order valence-electron chi connectivity index (χ0n) is 11.0. The van der Waals surface area contributed by atoms with Crippen LogP contribution in [0.15, 0.2) is 60.7 Å². The smallest absolute Gasteiger partial charge is 0.0298 e. The molecule has 2 aromatic rings. The van der Waals surface area contributed by atoms with Crippen molar-refractivity contribution in [2.75, 3.05) is 0 Å². The van der Waals surface area contributed by atoms with Crippen LogP contribution in [-0.2, 0) is 0 Å². The minimum Gasteiger partial charge on any atom is -0.324 e. The molecule has 0 fully saturated rings. The summed E-state index contributed by atoms with van der Waals surface area (Å²) >= 11 is 0. The monoisotopic (exact) mass is 249 g/mol. The number of hydrogen-bond donors (Lipinski definition) is 1. The molecule has 0 spiro atoms. The van der Waals surface area contributed by atoms with Crippen molar-refractivity contribution in [1.82, 2.24) is 0 Å². The summed E-state index contributed by atoms with van der Waals surface area (Å²) < 4.78 is 0. The maximum Gasteiger partial charge on any atom is 0.0298 e. The van der Waals surface area contributed by atoms with Gasteiger partial charge in [0, 0.05) is 12.0 Å². The molecular formula is C18H19N. The first-order valence-corrected chi connectivity index (χ1v) is 6.92. The third kappa shape index (κ3) is 2.61. The van der Waals surface area contributed by atoms with Crippen molar-refractivity contribution in [3.05, 3.63) is 77.4 Å². The molecule has 1 heteroatoms. The van der Waals surface area contributed by atoms with E-state index in [1.54, 1.807) is 0 Å². The van der Waals surface area contributed by atoms with Gasteiger partial charge in [-0.25, -0.2) is 0 Å². The Bertz CT molecular complexity index is 571. The van der Waals surface area contributed by atoms with Gasteiger partial charge in [-0.1, -0.05) is 66.7 Å². The molecule has 2 aromatic carbocycles. The number of rotatable bonds is 2. The zero-order valence-corrected chi connectivity index (χ0v) is 11.0. The summed E-state index contributed by atoms with van der Waals surface area (Å²) in [6, 6.07) is 19.3. The highest BCUT2D eigenvalue weighted by Gasteiger charge is 2.22. The fraction of sp³-hybridized carbons (Fsp3) is 0.222. The van der Waals surface area contributed by atoms with Gasteiger partial charge in [-0.05, 0) is 29.5 Å². The van der Waals surface area contributed by atoms with Gasteiger partial charge in [0.05, 0.1) is 0 Å². The van der Waals surface area contributed by atoms with Crippen LogP contribution in [-0.4, -0.2) is 0 Å². The van der Waals surface area contributed by atoms with Crippen LogP contribution in [0.25, 0.3) is 6.08 Å². The Labute approximate surface area is 114 Å². The van der Waals surface area contributed by atoms with Crippen LogP contribution in [0.4, 0.5) is 0 Å². The second-order valence-corrected chi connectivity index (χ2v) is 5.19. The molecule has 19 heavy (non-hydrogen) atoms. The van der Waals surface area contributed by atoms with E-state index in [9.17, 15) is 0 Å². The molecule has 0 heterocycles. The maximum absolute atomic E-state index is 6.19. The van der Waals surface area contributed by atoms with Gasteiger partial charge in [0.15, 0.2) is 0 Å². The molecule has 1 nitrogen and oxygen atoms in total. The Morgan fingerprint density at radius 2 is 1.53 bits per heavy atom. The van der Waals surface area contributed by atoms with Crippen LogP contribution in [0.3, 0.4) is 0 Å². The topological polar surface area (TPSA) is 26.0 Å². The van der Waals surface area contributed by atoms with Crippen molar-refractivity contribution >= 4 is 6.08 Å². The minimum absolute atomic E-state index is 0.206. The van der Waals surface area contributed by atoms with Crippen LogP contribution in [0.1, 0.15) is 41.5 Å². The third-order valence-electron chi connectivity index (χ3n) is 3.90. The van der Waals surface area contributed by atoms with Crippen molar-refractivity contribution in [2.45, 2.75) is 24.8 Å². The molecule has 0 saturated carbocycles. The van der Waals surface area contributed by atoms with Crippen LogP contribution in [0.5, 0.6) is 0 Å². The van der Waals surface area contributed by atoms with Crippen LogP contribution in [0.2, 0.25) is 0 Å². The molecule has 0 aliphatic heterocycles. The van der Waals surface area contributed by atoms with Gasteiger partial charge >= 0.3 is 0 Å². The van der Waals surface area contributed by atoms with Crippen molar-refractivity contribution in [2.24, 2.45) is 5.73 Å². The van der Waals surface area contributed by atoms with E-state index < -0.39 is 0 Å².